The van der Waals surface area contributed by atoms with Crippen LogP contribution in [0.25, 0.3) is 10.3 Å². The monoisotopic (exact) mass is 240 g/mol. The number of methoxy groups -OCH3 is 1. The summed E-state index contributed by atoms with van der Waals surface area (Å²) in [6.07, 6.45) is 0. The Morgan fingerprint density at radius 3 is 2.81 bits per heavy atom. The van der Waals surface area contributed by atoms with Gasteiger partial charge in [0.2, 0.25) is 0 Å². The van der Waals surface area contributed by atoms with Gasteiger partial charge in [-0.25, -0.2) is 0 Å². The van der Waals surface area contributed by atoms with Crippen molar-refractivity contribution in [3.8, 4) is 10.9 Å². The molecule has 0 aliphatic rings. The summed E-state index contributed by atoms with van der Waals surface area (Å²) in [5.74, 6) is -0.0438. The molecule has 0 radical (unpaired) electrons. The van der Waals surface area contributed by atoms with Crippen molar-refractivity contribution in [3.63, 3.8) is 0 Å². The average Bonchev–Trinajstić information content (AvgIpc) is 2.61. The third-order valence-electron chi connectivity index (χ3n) is 2.24. The van der Waals surface area contributed by atoms with Gasteiger partial charge in [-0.15, -0.1) is 0 Å². The predicted octanol–water partition coefficient (Wildman–Crippen LogP) is 1.75. The van der Waals surface area contributed by atoms with Crippen molar-refractivity contribution in [2.45, 2.75) is 19.9 Å². The quantitative estimate of drug-likeness (QED) is 0.868. The van der Waals surface area contributed by atoms with E-state index in [9.17, 15) is 9.90 Å². The second-order valence-electron chi connectivity index (χ2n) is 3.67. The molecule has 0 spiro atoms. The summed E-state index contributed by atoms with van der Waals surface area (Å²) >= 11 is 1.22. The minimum absolute atomic E-state index is 0.0117. The van der Waals surface area contributed by atoms with Gasteiger partial charge in [0.15, 0.2) is 5.65 Å². The molecule has 0 atom stereocenters. The second kappa shape index (κ2) is 3.79. The van der Waals surface area contributed by atoms with E-state index in [-0.39, 0.29) is 17.4 Å². The Kier molecular flexibility index (Phi) is 2.59. The summed E-state index contributed by atoms with van der Waals surface area (Å²) in [7, 11) is 1.51. The molecular weight excluding hydrogens is 228 g/mol. The fourth-order valence-electron chi connectivity index (χ4n) is 1.57. The third-order valence-corrected chi connectivity index (χ3v) is 3.27. The van der Waals surface area contributed by atoms with E-state index in [0.29, 0.717) is 15.5 Å². The van der Waals surface area contributed by atoms with Crippen LogP contribution >= 0.6 is 11.3 Å². The lowest BCUT2D eigenvalue weighted by Gasteiger charge is -2.10. The van der Waals surface area contributed by atoms with Gasteiger partial charge in [-0.3, -0.25) is 9.36 Å². The maximum absolute atomic E-state index is 11.7. The van der Waals surface area contributed by atoms with Crippen molar-refractivity contribution in [3.05, 3.63) is 16.4 Å². The lowest BCUT2D eigenvalue weighted by atomic mass is 10.3. The molecule has 16 heavy (non-hydrogen) atoms. The van der Waals surface area contributed by atoms with Crippen LogP contribution in [0.2, 0.25) is 0 Å². The van der Waals surface area contributed by atoms with Gasteiger partial charge in [0, 0.05) is 12.1 Å². The van der Waals surface area contributed by atoms with E-state index in [1.165, 1.54) is 29.1 Å². The number of pyridine rings is 1. The number of rotatable bonds is 2. The van der Waals surface area contributed by atoms with Crippen LogP contribution < -0.4 is 10.3 Å². The number of hydrogen-bond donors (Lipinski definition) is 1. The van der Waals surface area contributed by atoms with Gasteiger partial charge in [0.25, 0.3) is 10.8 Å². The molecule has 0 saturated carbocycles. The molecule has 2 aromatic heterocycles. The smallest absolute Gasteiger partial charge is 0.275 e. The summed E-state index contributed by atoms with van der Waals surface area (Å²) in [6, 6.07) is 1.20. The van der Waals surface area contributed by atoms with Crippen molar-refractivity contribution in [1.82, 2.24) is 9.55 Å². The molecule has 0 aliphatic carbocycles. The van der Waals surface area contributed by atoms with Gasteiger partial charge in [0.1, 0.15) is 10.4 Å². The highest BCUT2D eigenvalue weighted by atomic mass is 32.1. The zero-order chi connectivity index (χ0) is 11.9. The van der Waals surface area contributed by atoms with E-state index < -0.39 is 0 Å². The van der Waals surface area contributed by atoms with Crippen molar-refractivity contribution in [2.24, 2.45) is 0 Å². The maximum Gasteiger partial charge on any atom is 0.275 e. The number of aromatic hydroxyl groups is 1. The zero-order valence-corrected chi connectivity index (χ0v) is 10.0. The Morgan fingerprint density at radius 2 is 2.25 bits per heavy atom. The molecular formula is C10H12N2O3S. The van der Waals surface area contributed by atoms with Crippen molar-refractivity contribution < 1.29 is 9.84 Å². The first-order valence-corrected chi connectivity index (χ1v) is 5.65. The van der Waals surface area contributed by atoms with Crippen molar-refractivity contribution in [1.29, 1.82) is 0 Å². The normalized spacial score (nSPS) is 11.2. The molecule has 5 nitrogen and oxygen atoms in total. The fraction of sp³-hybridized carbons (Fsp3) is 0.400. The van der Waals surface area contributed by atoms with Crippen LogP contribution in [0.3, 0.4) is 0 Å². The van der Waals surface area contributed by atoms with Crippen LogP contribution in [0.15, 0.2) is 10.9 Å². The van der Waals surface area contributed by atoms with E-state index >= 15 is 0 Å². The topological polar surface area (TPSA) is 64.3 Å². The maximum atomic E-state index is 11.7. The van der Waals surface area contributed by atoms with E-state index in [1.807, 2.05) is 13.8 Å². The summed E-state index contributed by atoms with van der Waals surface area (Å²) in [4.78, 5) is 15.9. The van der Waals surface area contributed by atoms with E-state index in [2.05, 4.69) is 4.98 Å². The first-order valence-electron chi connectivity index (χ1n) is 4.83. The molecule has 0 amide bonds. The van der Waals surface area contributed by atoms with Gasteiger partial charge in [-0.1, -0.05) is 11.3 Å². The summed E-state index contributed by atoms with van der Waals surface area (Å²) in [5.41, 5.74) is 0.217. The molecule has 86 valence electrons. The Morgan fingerprint density at radius 1 is 1.56 bits per heavy atom. The molecule has 0 fully saturated rings. The minimum Gasteiger partial charge on any atom is -0.506 e. The summed E-state index contributed by atoms with van der Waals surface area (Å²) in [6.45, 7) is 3.79. The molecule has 0 aliphatic heterocycles. The fourth-order valence-corrected chi connectivity index (χ4v) is 2.35. The lowest BCUT2D eigenvalue weighted by Crippen LogP contribution is -2.21. The van der Waals surface area contributed by atoms with Gasteiger partial charge in [-0.2, -0.15) is 4.98 Å². The van der Waals surface area contributed by atoms with Gasteiger partial charge < -0.3 is 9.84 Å². The first kappa shape index (κ1) is 10.9. The summed E-state index contributed by atoms with van der Waals surface area (Å²) < 4.78 is 7.12. The lowest BCUT2D eigenvalue weighted by molar-refractivity contribution is 0.412. The average molecular weight is 240 g/mol. The molecule has 0 bridgehead atoms. The number of nitrogens with zero attached hydrogens (tertiary/aromatic N) is 2. The van der Waals surface area contributed by atoms with Crippen molar-refractivity contribution in [2.75, 3.05) is 7.11 Å². The van der Waals surface area contributed by atoms with Crippen LogP contribution in [-0.4, -0.2) is 21.8 Å². The van der Waals surface area contributed by atoms with E-state index in [1.54, 1.807) is 0 Å². The highest BCUT2D eigenvalue weighted by molar-refractivity contribution is 7.20. The van der Waals surface area contributed by atoms with Crippen LogP contribution in [0.5, 0.6) is 10.9 Å². The molecule has 0 unspecified atom stereocenters. The Hall–Kier alpha value is -1.56. The SMILES string of the molecule is COc1nc2c(s1)c(O)cc(=O)n2C(C)C. The molecule has 0 saturated heterocycles. The number of thiazole rings is 1. The van der Waals surface area contributed by atoms with E-state index in [4.69, 9.17) is 4.74 Å². The molecule has 2 heterocycles. The number of fused-ring (bicyclic) bond motifs is 1. The minimum atomic E-state index is -0.257. The van der Waals surface area contributed by atoms with Gasteiger partial charge >= 0.3 is 0 Å². The molecule has 2 rings (SSSR count). The van der Waals surface area contributed by atoms with Crippen LogP contribution in [0.4, 0.5) is 0 Å². The Labute approximate surface area is 95.9 Å². The zero-order valence-electron chi connectivity index (χ0n) is 9.22. The Balaban J connectivity index is 2.88. The third kappa shape index (κ3) is 1.55. The molecule has 6 heteroatoms. The standard InChI is InChI=1S/C10H12N2O3S/c1-5(2)12-7(14)4-6(13)8-9(12)11-10(15-3)16-8/h4-5,13H,1-3H3. The number of aromatic nitrogens is 2. The van der Waals surface area contributed by atoms with E-state index in [0.717, 1.165) is 0 Å². The number of ether oxygens (including phenoxy) is 1. The first-order chi connectivity index (χ1) is 7.54. The Bertz CT molecular complexity index is 585. The molecule has 2 aromatic rings. The second-order valence-corrected chi connectivity index (χ2v) is 4.63. The highest BCUT2D eigenvalue weighted by Crippen LogP contribution is 2.33. The van der Waals surface area contributed by atoms with Crippen LogP contribution in [0, 0.1) is 0 Å². The summed E-state index contributed by atoms with van der Waals surface area (Å²) in [5, 5.41) is 10.1. The molecule has 1 N–H and O–H groups in total. The largest absolute Gasteiger partial charge is 0.506 e. The van der Waals surface area contributed by atoms with Gasteiger partial charge in [-0.05, 0) is 13.8 Å². The van der Waals surface area contributed by atoms with Gasteiger partial charge in [0.05, 0.1) is 7.11 Å². The number of hydrogen-bond acceptors (Lipinski definition) is 5. The van der Waals surface area contributed by atoms with Crippen LogP contribution in [0.1, 0.15) is 19.9 Å². The van der Waals surface area contributed by atoms with Crippen molar-refractivity contribution >= 4 is 21.7 Å². The highest BCUT2D eigenvalue weighted by Gasteiger charge is 2.15. The predicted molar refractivity (Wildman–Crippen MR) is 62.5 cm³/mol. The van der Waals surface area contributed by atoms with Crippen LogP contribution in [-0.2, 0) is 0 Å². The molecule has 0 aromatic carbocycles.